The number of hydrogen-bond acceptors (Lipinski definition) is 6. The van der Waals surface area contributed by atoms with Gasteiger partial charge in [-0.05, 0) is 36.5 Å². The molecule has 3 amide bonds. The topological polar surface area (TPSA) is 92.3 Å². The summed E-state index contributed by atoms with van der Waals surface area (Å²) in [6.45, 7) is 1.72. The molecule has 0 radical (unpaired) electrons. The largest absolute Gasteiger partial charge is 0.299 e. The number of carbonyl (C=O) groups is 3. The molecular formula is C17H18N4O3S. The normalized spacial score (nSPS) is 37.2. The first kappa shape index (κ1) is 15.2. The molecule has 6 rings (SSSR count). The molecule has 6 atom stereocenters. The van der Waals surface area contributed by atoms with Gasteiger partial charge in [-0.2, -0.15) is 0 Å². The summed E-state index contributed by atoms with van der Waals surface area (Å²) in [7, 11) is 0. The van der Waals surface area contributed by atoms with Gasteiger partial charge in [-0.15, -0.1) is 10.2 Å². The smallest absolute Gasteiger partial charge is 0.246 e. The molecule has 0 aromatic carbocycles. The van der Waals surface area contributed by atoms with E-state index >= 15 is 0 Å². The minimum absolute atomic E-state index is 0.179. The van der Waals surface area contributed by atoms with Gasteiger partial charge in [-0.3, -0.25) is 24.6 Å². The lowest BCUT2D eigenvalue weighted by Crippen LogP contribution is -2.40. The van der Waals surface area contributed by atoms with Gasteiger partial charge in [0.15, 0.2) is 0 Å². The van der Waals surface area contributed by atoms with E-state index in [2.05, 4.69) is 27.7 Å². The highest BCUT2D eigenvalue weighted by Crippen LogP contribution is 2.65. The van der Waals surface area contributed by atoms with Gasteiger partial charge >= 0.3 is 0 Å². The van der Waals surface area contributed by atoms with Crippen LogP contribution in [0.3, 0.4) is 0 Å². The SMILES string of the molecule is CCc1nnc(NC(=O)CN2C(=O)[C@@H]3[C@@H]4C=C[C@H]([C@H]5C[C@H]45)[C@@H]3C2=O)s1. The predicted molar refractivity (Wildman–Crippen MR) is 89.3 cm³/mol. The first-order chi connectivity index (χ1) is 12.1. The summed E-state index contributed by atoms with van der Waals surface area (Å²) in [5, 5.41) is 11.7. The highest BCUT2D eigenvalue weighted by Gasteiger charge is 2.67. The zero-order valence-corrected chi connectivity index (χ0v) is 14.5. The highest BCUT2D eigenvalue weighted by atomic mass is 32.1. The van der Waals surface area contributed by atoms with Crippen molar-refractivity contribution in [3.05, 3.63) is 17.2 Å². The molecule has 2 heterocycles. The second-order valence-electron chi connectivity index (χ2n) is 7.32. The lowest BCUT2D eigenvalue weighted by atomic mass is 9.63. The van der Waals surface area contributed by atoms with Gasteiger partial charge in [0.05, 0.1) is 11.8 Å². The fraction of sp³-hybridized carbons (Fsp3) is 0.588. The van der Waals surface area contributed by atoms with Gasteiger partial charge in [0.2, 0.25) is 22.9 Å². The summed E-state index contributed by atoms with van der Waals surface area (Å²) in [5.74, 6) is 0.220. The van der Waals surface area contributed by atoms with E-state index in [1.165, 1.54) is 11.3 Å². The Labute approximate surface area is 148 Å². The maximum absolute atomic E-state index is 12.8. The van der Waals surface area contributed by atoms with E-state index in [9.17, 15) is 14.4 Å². The third kappa shape index (κ3) is 2.13. The van der Waals surface area contributed by atoms with Crippen LogP contribution in [0.2, 0.25) is 0 Å². The molecule has 7 nitrogen and oxygen atoms in total. The quantitative estimate of drug-likeness (QED) is 0.643. The van der Waals surface area contributed by atoms with Crippen LogP contribution in [0.25, 0.3) is 0 Å². The molecule has 5 aliphatic rings. The van der Waals surface area contributed by atoms with Crippen LogP contribution in [-0.4, -0.2) is 39.4 Å². The standard InChI is InChI=1S/C17H18N4O3S/c1-2-12-19-20-17(25-12)18-11(22)6-21-15(23)13-7-3-4-8(10-5-9(7)10)14(13)16(21)24/h3-4,7-10,13-14H,2,5-6H2,1H3,(H,18,20,22)/t7-,8-,9-,10-,13-,14+/m1/s1. The number of likely N-dealkylation sites (tertiary alicyclic amines) is 1. The number of allylic oxidation sites excluding steroid dienone is 2. The second-order valence-corrected chi connectivity index (χ2v) is 8.38. The monoisotopic (exact) mass is 358 g/mol. The lowest BCUT2D eigenvalue weighted by molar-refractivity contribution is -0.142. The summed E-state index contributed by atoms with van der Waals surface area (Å²) in [5.41, 5.74) is 0. The summed E-state index contributed by atoms with van der Waals surface area (Å²) >= 11 is 1.31. The van der Waals surface area contributed by atoms with Crippen molar-refractivity contribution in [1.29, 1.82) is 0 Å². The number of hydrogen-bond donors (Lipinski definition) is 1. The zero-order chi connectivity index (χ0) is 17.3. The number of rotatable bonds is 4. The number of aromatic nitrogens is 2. The number of nitrogens with one attached hydrogen (secondary N) is 1. The average molecular weight is 358 g/mol. The van der Waals surface area contributed by atoms with Gasteiger partial charge in [-0.25, -0.2) is 0 Å². The van der Waals surface area contributed by atoms with E-state index < -0.39 is 5.91 Å². The third-order valence-electron chi connectivity index (χ3n) is 6.07. The Hall–Kier alpha value is -2.09. The van der Waals surface area contributed by atoms with Crippen LogP contribution in [0.15, 0.2) is 12.2 Å². The fourth-order valence-electron chi connectivity index (χ4n) is 4.92. The maximum atomic E-state index is 12.8. The van der Waals surface area contributed by atoms with E-state index in [1.807, 2.05) is 6.92 Å². The molecule has 1 saturated heterocycles. The minimum Gasteiger partial charge on any atom is -0.299 e. The van der Waals surface area contributed by atoms with Gasteiger partial charge in [0.1, 0.15) is 11.6 Å². The van der Waals surface area contributed by atoms with Crippen LogP contribution in [0, 0.1) is 35.5 Å². The van der Waals surface area contributed by atoms with E-state index in [1.54, 1.807) is 0 Å². The molecule has 1 aliphatic heterocycles. The molecule has 1 aromatic heterocycles. The number of amides is 3. The summed E-state index contributed by atoms with van der Waals surface area (Å²) in [6.07, 6.45) is 6.13. The van der Waals surface area contributed by atoms with Crippen LogP contribution in [-0.2, 0) is 20.8 Å². The Morgan fingerprint density at radius 3 is 2.40 bits per heavy atom. The van der Waals surface area contributed by atoms with Crippen LogP contribution >= 0.6 is 11.3 Å². The number of carbonyl (C=O) groups excluding carboxylic acids is 3. The van der Waals surface area contributed by atoms with Gasteiger partial charge < -0.3 is 0 Å². The van der Waals surface area contributed by atoms with E-state index in [0.29, 0.717) is 17.0 Å². The minimum atomic E-state index is -0.399. The zero-order valence-electron chi connectivity index (χ0n) is 13.7. The number of imide groups is 1. The van der Waals surface area contributed by atoms with Crippen molar-refractivity contribution in [2.24, 2.45) is 35.5 Å². The Bertz CT molecular complexity index is 783. The molecule has 1 aromatic rings. The van der Waals surface area contributed by atoms with Crippen LogP contribution in [0.1, 0.15) is 18.4 Å². The van der Waals surface area contributed by atoms with Crippen molar-refractivity contribution >= 4 is 34.2 Å². The van der Waals surface area contributed by atoms with Gasteiger partial charge in [0, 0.05) is 0 Å². The maximum Gasteiger partial charge on any atom is 0.246 e. The average Bonchev–Trinajstić information content (AvgIpc) is 3.27. The van der Waals surface area contributed by atoms with E-state index in [4.69, 9.17) is 0 Å². The van der Waals surface area contributed by atoms with Crippen molar-refractivity contribution in [2.75, 3.05) is 11.9 Å². The molecule has 0 unspecified atom stereocenters. The molecule has 2 saturated carbocycles. The van der Waals surface area contributed by atoms with E-state index in [0.717, 1.165) is 22.7 Å². The Balaban J connectivity index is 1.31. The van der Waals surface area contributed by atoms with Crippen molar-refractivity contribution in [2.45, 2.75) is 19.8 Å². The molecule has 3 fully saturated rings. The summed E-state index contributed by atoms with van der Waals surface area (Å²) in [6, 6.07) is 0. The fourth-order valence-corrected chi connectivity index (χ4v) is 5.62. The third-order valence-corrected chi connectivity index (χ3v) is 7.05. The van der Waals surface area contributed by atoms with Gasteiger partial charge in [-0.1, -0.05) is 30.4 Å². The molecule has 130 valence electrons. The van der Waals surface area contributed by atoms with Crippen molar-refractivity contribution < 1.29 is 14.4 Å². The molecule has 25 heavy (non-hydrogen) atoms. The molecule has 2 bridgehead atoms. The molecule has 0 spiro atoms. The number of nitrogens with zero attached hydrogens (tertiary/aromatic N) is 3. The Morgan fingerprint density at radius 1 is 1.20 bits per heavy atom. The van der Waals surface area contributed by atoms with Crippen LogP contribution in [0.5, 0.6) is 0 Å². The van der Waals surface area contributed by atoms with Crippen molar-refractivity contribution in [1.82, 2.24) is 15.1 Å². The number of anilines is 1. The lowest BCUT2D eigenvalue weighted by Gasteiger charge is -2.37. The summed E-state index contributed by atoms with van der Waals surface area (Å²) in [4.78, 5) is 39.1. The van der Waals surface area contributed by atoms with Gasteiger partial charge in [0.25, 0.3) is 0 Å². The van der Waals surface area contributed by atoms with Crippen LogP contribution in [0.4, 0.5) is 5.13 Å². The van der Waals surface area contributed by atoms with E-state index in [-0.39, 0.29) is 42.0 Å². The molecule has 8 heteroatoms. The number of aryl methyl sites for hydroxylation is 1. The van der Waals surface area contributed by atoms with Crippen molar-refractivity contribution in [3.63, 3.8) is 0 Å². The first-order valence-electron chi connectivity index (χ1n) is 8.74. The second kappa shape index (κ2) is 5.20. The molecule has 1 N–H and O–H groups in total. The first-order valence-corrected chi connectivity index (χ1v) is 9.56. The molecule has 4 aliphatic carbocycles. The summed E-state index contributed by atoms with van der Waals surface area (Å²) < 4.78 is 0. The Kier molecular flexibility index (Phi) is 3.16. The Morgan fingerprint density at radius 2 is 1.84 bits per heavy atom. The van der Waals surface area contributed by atoms with Crippen LogP contribution < -0.4 is 5.32 Å². The predicted octanol–water partition coefficient (Wildman–Crippen LogP) is 1.09. The highest BCUT2D eigenvalue weighted by molar-refractivity contribution is 7.15. The molecular weight excluding hydrogens is 340 g/mol. The van der Waals surface area contributed by atoms with Crippen molar-refractivity contribution in [3.8, 4) is 0 Å².